The van der Waals surface area contributed by atoms with Gasteiger partial charge in [0.1, 0.15) is 0 Å². The fourth-order valence-corrected chi connectivity index (χ4v) is 1.53. The Morgan fingerprint density at radius 3 is 2.40 bits per heavy atom. The Morgan fingerprint density at radius 2 is 1.87 bits per heavy atom. The van der Waals surface area contributed by atoms with Gasteiger partial charge < -0.3 is 4.90 Å². The van der Waals surface area contributed by atoms with Crippen LogP contribution in [-0.2, 0) is 0 Å². The minimum atomic E-state index is 1.24. The first-order valence-corrected chi connectivity index (χ1v) is 5.23. The predicted octanol–water partition coefficient (Wildman–Crippen LogP) is 3.47. The number of aryl methyl sites for hydroxylation is 1. The molecule has 1 rings (SSSR count). The van der Waals surface area contributed by atoms with Crippen LogP contribution < -0.4 is 0 Å². The first-order valence-electron chi connectivity index (χ1n) is 5.23. The molecule has 0 spiro atoms. The molecule has 1 nitrogen and oxygen atoms in total. The van der Waals surface area contributed by atoms with Crippen LogP contribution in [0, 0.1) is 6.92 Å². The van der Waals surface area contributed by atoms with Gasteiger partial charge in [0.2, 0.25) is 0 Å². The van der Waals surface area contributed by atoms with Crippen LogP contribution in [0.15, 0.2) is 42.5 Å². The number of rotatable bonds is 3. The lowest BCUT2D eigenvalue weighted by Gasteiger charge is -2.18. The largest absolute Gasteiger partial charge is 0.377 e. The maximum atomic E-state index is 2.16. The highest BCUT2D eigenvalue weighted by atomic mass is 15.1. The summed E-state index contributed by atoms with van der Waals surface area (Å²) in [4.78, 5) is 2.14. The van der Waals surface area contributed by atoms with Crippen molar-refractivity contribution in [2.45, 2.75) is 13.8 Å². The lowest BCUT2D eigenvalue weighted by atomic mass is 10.0. The standard InChI is InChI=1S/C14H19N/c1-5-6-11-14(15(3)4)13-10-8-7-9-12(13)2/h5-11H,1-4H3/b6-5-,14-11-. The second kappa shape index (κ2) is 5.40. The number of hydrogen-bond donors (Lipinski definition) is 0. The highest BCUT2D eigenvalue weighted by Gasteiger charge is 2.04. The molecule has 0 aliphatic heterocycles. The summed E-state index contributed by atoms with van der Waals surface area (Å²) < 4.78 is 0. The van der Waals surface area contributed by atoms with E-state index in [0.717, 1.165) is 0 Å². The van der Waals surface area contributed by atoms with E-state index in [9.17, 15) is 0 Å². The average molecular weight is 201 g/mol. The molecule has 0 fully saturated rings. The molecule has 0 bridgehead atoms. The van der Waals surface area contributed by atoms with Gasteiger partial charge in [0.15, 0.2) is 0 Å². The van der Waals surface area contributed by atoms with E-state index >= 15 is 0 Å². The van der Waals surface area contributed by atoms with Gasteiger partial charge in [-0.25, -0.2) is 0 Å². The quantitative estimate of drug-likeness (QED) is 0.677. The molecule has 1 aromatic carbocycles. The second-order valence-electron chi connectivity index (χ2n) is 3.79. The van der Waals surface area contributed by atoms with Gasteiger partial charge in [0.25, 0.3) is 0 Å². The van der Waals surface area contributed by atoms with Gasteiger partial charge in [-0.05, 0) is 25.5 Å². The molecule has 0 aliphatic rings. The zero-order chi connectivity index (χ0) is 11.3. The molecule has 0 unspecified atom stereocenters. The van der Waals surface area contributed by atoms with Crippen LogP contribution in [0.5, 0.6) is 0 Å². The molecule has 0 saturated heterocycles. The summed E-state index contributed by atoms with van der Waals surface area (Å²) in [5.41, 5.74) is 3.84. The summed E-state index contributed by atoms with van der Waals surface area (Å²) in [6.07, 6.45) is 6.26. The first-order chi connectivity index (χ1) is 7.16. The minimum absolute atomic E-state index is 1.24. The molecule has 0 amide bonds. The van der Waals surface area contributed by atoms with Gasteiger partial charge in [-0.1, -0.05) is 36.4 Å². The van der Waals surface area contributed by atoms with Crippen LogP contribution in [0.3, 0.4) is 0 Å². The van der Waals surface area contributed by atoms with Crippen molar-refractivity contribution in [3.05, 3.63) is 53.6 Å². The van der Waals surface area contributed by atoms with Gasteiger partial charge in [0.05, 0.1) is 0 Å². The summed E-state index contributed by atoms with van der Waals surface area (Å²) in [7, 11) is 4.14. The molecule has 0 radical (unpaired) electrons. The molecule has 0 heterocycles. The zero-order valence-corrected chi connectivity index (χ0v) is 9.99. The van der Waals surface area contributed by atoms with Crippen molar-refractivity contribution in [1.82, 2.24) is 4.90 Å². The second-order valence-corrected chi connectivity index (χ2v) is 3.79. The number of hydrogen-bond acceptors (Lipinski definition) is 1. The van der Waals surface area contributed by atoms with Crippen molar-refractivity contribution in [2.75, 3.05) is 14.1 Å². The van der Waals surface area contributed by atoms with E-state index in [0.29, 0.717) is 0 Å². The zero-order valence-electron chi connectivity index (χ0n) is 9.99. The number of allylic oxidation sites excluding steroid dienone is 3. The Labute approximate surface area is 92.7 Å². The van der Waals surface area contributed by atoms with Crippen molar-refractivity contribution in [2.24, 2.45) is 0 Å². The lowest BCUT2D eigenvalue weighted by molar-refractivity contribution is 0.591. The monoisotopic (exact) mass is 201 g/mol. The van der Waals surface area contributed by atoms with Gasteiger partial charge in [0, 0.05) is 25.4 Å². The van der Waals surface area contributed by atoms with E-state index < -0.39 is 0 Å². The van der Waals surface area contributed by atoms with Crippen molar-refractivity contribution in [1.29, 1.82) is 0 Å². The molecule has 0 saturated carbocycles. The average Bonchev–Trinajstić information content (AvgIpc) is 2.20. The fourth-order valence-electron chi connectivity index (χ4n) is 1.53. The maximum absolute atomic E-state index is 2.16. The summed E-state index contributed by atoms with van der Waals surface area (Å²) in [6, 6.07) is 8.45. The first kappa shape index (κ1) is 11.6. The normalized spacial score (nSPS) is 12.1. The molecule has 1 heteroatoms. The Bertz CT molecular complexity index is 373. The van der Waals surface area contributed by atoms with Crippen molar-refractivity contribution in [3.63, 3.8) is 0 Å². The molecule has 0 N–H and O–H groups in total. The Balaban J connectivity index is 3.16. The molecule has 0 aliphatic carbocycles. The van der Waals surface area contributed by atoms with Crippen LogP contribution >= 0.6 is 0 Å². The highest BCUT2D eigenvalue weighted by Crippen LogP contribution is 2.20. The number of nitrogens with zero attached hydrogens (tertiary/aromatic N) is 1. The van der Waals surface area contributed by atoms with E-state index in [-0.39, 0.29) is 0 Å². The van der Waals surface area contributed by atoms with E-state index in [1.165, 1.54) is 16.8 Å². The van der Waals surface area contributed by atoms with Crippen LogP contribution in [0.25, 0.3) is 5.70 Å². The van der Waals surface area contributed by atoms with Gasteiger partial charge in [-0.15, -0.1) is 0 Å². The van der Waals surface area contributed by atoms with Crippen LogP contribution in [0.4, 0.5) is 0 Å². The van der Waals surface area contributed by atoms with E-state index in [1.807, 2.05) is 13.0 Å². The lowest BCUT2D eigenvalue weighted by Crippen LogP contribution is -2.10. The van der Waals surface area contributed by atoms with Gasteiger partial charge in [-0.2, -0.15) is 0 Å². The van der Waals surface area contributed by atoms with E-state index in [4.69, 9.17) is 0 Å². The molecular weight excluding hydrogens is 182 g/mol. The Hall–Kier alpha value is -1.50. The van der Waals surface area contributed by atoms with Crippen molar-refractivity contribution >= 4 is 5.70 Å². The summed E-state index contributed by atoms with van der Waals surface area (Å²) in [6.45, 7) is 4.17. The third-order valence-corrected chi connectivity index (χ3v) is 2.35. The summed E-state index contributed by atoms with van der Waals surface area (Å²) in [5.74, 6) is 0. The topological polar surface area (TPSA) is 3.24 Å². The van der Waals surface area contributed by atoms with Crippen LogP contribution in [0.1, 0.15) is 18.1 Å². The number of benzene rings is 1. The SMILES string of the molecule is C/C=C\C=C(\c1ccccc1C)N(C)C. The predicted molar refractivity (Wildman–Crippen MR) is 67.7 cm³/mol. The van der Waals surface area contributed by atoms with Crippen molar-refractivity contribution in [3.8, 4) is 0 Å². The fraction of sp³-hybridized carbons (Fsp3) is 0.286. The molecule has 15 heavy (non-hydrogen) atoms. The Morgan fingerprint density at radius 1 is 1.20 bits per heavy atom. The van der Waals surface area contributed by atoms with Gasteiger partial charge in [-0.3, -0.25) is 0 Å². The molecule has 0 aromatic heterocycles. The Kier molecular flexibility index (Phi) is 4.17. The summed E-state index contributed by atoms with van der Waals surface area (Å²) in [5, 5.41) is 0. The summed E-state index contributed by atoms with van der Waals surface area (Å²) >= 11 is 0. The molecule has 0 atom stereocenters. The molecule has 1 aromatic rings. The minimum Gasteiger partial charge on any atom is -0.377 e. The maximum Gasteiger partial charge on any atom is 0.0437 e. The molecule has 80 valence electrons. The third kappa shape index (κ3) is 2.98. The van der Waals surface area contributed by atoms with Gasteiger partial charge >= 0.3 is 0 Å². The highest BCUT2D eigenvalue weighted by molar-refractivity contribution is 5.67. The third-order valence-electron chi connectivity index (χ3n) is 2.35. The smallest absolute Gasteiger partial charge is 0.0437 e. The van der Waals surface area contributed by atoms with Crippen molar-refractivity contribution < 1.29 is 0 Å². The van der Waals surface area contributed by atoms with E-state index in [1.54, 1.807) is 0 Å². The molecular formula is C14H19N. The van der Waals surface area contributed by atoms with E-state index in [2.05, 4.69) is 62.3 Å². The van der Waals surface area contributed by atoms with Crippen LogP contribution in [-0.4, -0.2) is 19.0 Å². The van der Waals surface area contributed by atoms with Crippen LogP contribution in [0.2, 0.25) is 0 Å².